The van der Waals surface area contributed by atoms with E-state index in [0.29, 0.717) is 0 Å². The van der Waals surface area contributed by atoms with Crippen molar-refractivity contribution in [1.82, 2.24) is 10.6 Å². The number of amides is 3. The maximum Gasteiger partial charge on any atom is 0.408 e. The fourth-order valence-corrected chi connectivity index (χ4v) is 0.822. The monoisotopic (exact) mass is 203 g/mol. The van der Waals surface area contributed by atoms with E-state index in [1.165, 1.54) is 0 Å². The van der Waals surface area contributed by atoms with Crippen LogP contribution in [-0.4, -0.2) is 24.9 Å². The van der Waals surface area contributed by atoms with Gasteiger partial charge in [0.15, 0.2) is 0 Å². The second-order valence-corrected chi connectivity index (χ2v) is 3.10. The molecule has 6 nitrogen and oxygen atoms in total. The Bertz CT molecular complexity index is 206. The number of primary amides is 1. The number of rotatable bonds is 4. The topological polar surface area (TPSA) is 93.4 Å². The van der Waals surface area contributed by atoms with Crippen molar-refractivity contribution in [1.29, 1.82) is 0 Å². The number of carbonyl (C=O) groups is 2. The molecule has 0 saturated heterocycles. The largest absolute Gasteiger partial charge is 0.450 e. The molecule has 0 aromatic heterocycles. The number of hydrogen-bond acceptors (Lipinski definition) is 3. The zero-order chi connectivity index (χ0) is 11.1. The molecule has 1 unspecified atom stereocenters. The first-order valence-corrected chi connectivity index (χ1v) is 4.46. The lowest BCUT2D eigenvalue weighted by Gasteiger charge is -2.21. The maximum absolute atomic E-state index is 11.0. The van der Waals surface area contributed by atoms with Gasteiger partial charge in [-0.2, -0.15) is 0 Å². The first-order valence-electron chi connectivity index (χ1n) is 4.46. The van der Waals surface area contributed by atoms with E-state index in [0.717, 1.165) is 0 Å². The minimum Gasteiger partial charge on any atom is -0.450 e. The number of alkyl carbamates (subject to hydrolysis) is 1. The molecule has 0 aliphatic rings. The van der Waals surface area contributed by atoms with Crippen molar-refractivity contribution >= 4 is 12.1 Å². The summed E-state index contributed by atoms with van der Waals surface area (Å²) >= 11 is 0. The molecule has 0 fully saturated rings. The van der Waals surface area contributed by atoms with Crippen LogP contribution in [0.4, 0.5) is 9.59 Å². The molecule has 82 valence electrons. The fraction of sp³-hybridized carbons (Fsp3) is 0.750. The van der Waals surface area contributed by atoms with E-state index in [2.05, 4.69) is 15.4 Å². The molecule has 1 atom stereocenters. The highest BCUT2D eigenvalue weighted by molar-refractivity contribution is 5.73. The predicted molar refractivity (Wildman–Crippen MR) is 51.5 cm³/mol. The summed E-state index contributed by atoms with van der Waals surface area (Å²) in [7, 11) is 0. The van der Waals surface area contributed by atoms with E-state index in [1.807, 2.05) is 13.8 Å². The zero-order valence-corrected chi connectivity index (χ0v) is 8.66. The third-order valence-electron chi connectivity index (χ3n) is 1.51. The molecule has 0 aromatic carbocycles. The number of urea groups is 1. The van der Waals surface area contributed by atoms with E-state index in [1.54, 1.807) is 6.92 Å². The van der Waals surface area contributed by atoms with Crippen LogP contribution in [-0.2, 0) is 4.74 Å². The normalized spacial score (nSPS) is 12.0. The van der Waals surface area contributed by atoms with Crippen LogP contribution in [0.25, 0.3) is 0 Å². The predicted octanol–water partition coefficient (Wildman–Crippen LogP) is 0.383. The fourth-order valence-electron chi connectivity index (χ4n) is 0.822. The van der Waals surface area contributed by atoms with Crippen molar-refractivity contribution in [3.63, 3.8) is 0 Å². The number of nitrogens with one attached hydrogen (secondary N) is 2. The lowest BCUT2D eigenvalue weighted by atomic mass is 10.1. The number of ether oxygens (including phenoxy) is 1. The van der Waals surface area contributed by atoms with Gasteiger partial charge in [-0.05, 0) is 12.8 Å². The minimum absolute atomic E-state index is 0.0342. The molecule has 3 amide bonds. The first kappa shape index (κ1) is 12.5. The molecule has 0 saturated carbocycles. The van der Waals surface area contributed by atoms with Gasteiger partial charge in [-0.1, -0.05) is 13.8 Å². The Morgan fingerprint density at radius 3 is 2.29 bits per heavy atom. The molecule has 0 rings (SSSR count). The Hall–Kier alpha value is -1.46. The van der Waals surface area contributed by atoms with E-state index >= 15 is 0 Å². The van der Waals surface area contributed by atoms with Gasteiger partial charge in [0.2, 0.25) is 0 Å². The average molecular weight is 203 g/mol. The molecule has 6 heteroatoms. The van der Waals surface area contributed by atoms with Crippen LogP contribution in [0.3, 0.4) is 0 Å². The van der Waals surface area contributed by atoms with Gasteiger partial charge < -0.3 is 21.1 Å². The second kappa shape index (κ2) is 6.06. The van der Waals surface area contributed by atoms with E-state index in [4.69, 9.17) is 5.73 Å². The standard InChI is InChI=1S/C8H17N3O3/c1-4-14-8(13)11-6(5(2)3)10-7(9)12/h5-6H,4H2,1-3H3,(H,11,13)(H3,9,10,12). The molecular formula is C8H17N3O3. The van der Waals surface area contributed by atoms with Gasteiger partial charge in [-0.3, -0.25) is 0 Å². The summed E-state index contributed by atoms with van der Waals surface area (Å²) in [6.45, 7) is 5.67. The van der Waals surface area contributed by atoms with Crippen molar-refractivity contribution in [2.75, 3.05) is 6.61 Å². The van der Waals surface area contributed by atoms with Crippen molar-refractivity contribution < 1.29 is 14.3 Å². The molecule has 0 aliphatic carbocycles. The van der Waals surface area contributed by atoms with Crippen molar-refractivity contribution in [2.24, 2.45) is 11.7 Å². The number of nitrogens with two attached hydrogens (primary N) is 1. The summed E-state index contributed by atoms with van der Waals surface area (Å²) in [5.41, 5.74) is 4.94. The molecule has 14 heavy (non-hydrogen) atoms. The second-order valence-electron chi connectivity index (χ2n) is 3.10. The highest BCUT2D eigenvalue weighted by Gasteiger charge is 2.17. The smallest absolute Gasteiger partial charge is 0.408 e. The SMILES string of the molecule is CCOC(=O)NC(NC(N)=O)C(C)C. The Morgan fingerprint density at radius 2 is 1.93 bits per heavy atom. The van der Waals surface area contributed by atoms with E-state index in [9.17, 15) is 9.59 Å². The molecular weight excluding hydrogens is 186 g/mol. The third-order valence-corrected chi connectivity index (χ3v) is 1.51. The average Bonchev–Trinajstić information content (AvgIpc) is 2.02. The van der Waals surface area contributed by atoms with Gasteiger partial charge in [0, 0.05) is 0 Å². The third kappa shape index (κ3) is 5.23. The van der Waals surface area contributed by atoms with Crippen LogP contribution >= 0.6 is 0 Å². The van der Waals surface area contributed by atoms with E-state index in [-0.39, 0.29) is 12.5 Å². The summed E-state index contributed by atoms with van der Waals surface area (Å²) in [5, 5.41) is 4.87. The molecule has 0 bridgehead atoms. The Kier molecular flexibility index (Phi) is 5.43. The molecule has 0 radical (unpaired) electrons. The molecule has 0 aromatic rings. The molecule has 0 spiro atoms. The van der Waals surface area contributed by atoms with Gasteiger partial charge in [-0.25, -0.2) is 9.59 Å². The molecule has 4 N–H and O–H groups in total. The van der Waals surface area contributed by atoms with Gasteiger partial charge in [0.05, 0.1) is 6.61 Å². The number of carbonyl (C=O) groups excluding carboxylic acids is 2. The first-order chi connectivity index (χ1) is 6.47. The van der Waals surface area contributed by atoms with Crippen molar-refractivity contribution in [3.8, 4) is 0 Å². The summed E-state index contributed by atoms with van der Waals surface area (Å²) in [6.07, 6.45) is -1.08. The van der Waals surface area contributed by atoms with Crippen LogP contribution in [0.5, 0.6) is 0 Å². The highest BCUT2D eigenvalue weighted by atomic mass is 16.5. The summed E-state index contributed by atoms with van der Waals surface area (Å²) < 4.78 is 4.66. The maximum atomic E-state index is 11.0. The Labute approximate surface area is 83.2 Å². The van der Waals surface area contributed by atoms with Crippen molar-refractivity contribution in [3.05, 3.63) is 0 Å². The van der Waals surface area contributed by atoms with Gasteiger partial charge in [-0.15, -0.1) is 0 Å². The zero-order valence-electron chi connectivity index (χ0n) is 8.66. The highest BCUT2D eigenvalue weighted by Crippen LogP contribution is 1.98. The van der Waals surface area contributed by atoms with Crippen LogP contribution in [0.15, 0.2) is 0 Å². The minimum atomic E-state index is -0.680. The van der Waals surface area contributed by atoms with Crippen LogP contribution in [0, 0.1) is 5.92 Å². The number of hydrogen-bond donors (Lipinski definition) is 3. The summed E-state index contributed by atoms with van der Waals surface area (Å²) in [4.78, 5) is 21.6. The van der Waals surface area contributed by atoms with Gasteiger partial charge >= 0.3 is 12.1 Å². The van der Waals surface area contributed by atoms with Crippen LogP contribution in [0.2, 0.25) is 0 Å². The van der Waals surface area contributed by atoms with Crippen LogP contribution in [0.1, 0.15) is 20.8 Å². The lowest BCUT2D eigenvalue weighted by Crippen LogP contribution is -2.52. The molecule has 0 aliphatic heterocycles. The molecule has 0 heterocycles. The van der Waals surface area contributed by atoms with Crippen LogP contribution < -0.4 is 16.4 Å². The lowest BCUT2D eigenvalue weighted by molar-refractivity contribution is 0.142. The Balaban J connectivity index is 4.09. The van der Waals surface area contributed by atoms with E-state index < -0.39 is 18.3 Å². The summed E-state index contributed by atoms with van der Waals surface area (Å²) in [6, 6.07) is -0.680. The quantitative estimate of drug-likeness (QED) is 0.577. The van der Waals surface area contributed by atoms with Crippen molar-refractivity contribution in [2.45, 2.75) is 26.9 Å². The van der Waals surface area contributed by atoms with Gasteiger partial charge in [0.25, 0.3) is 0 Å². The van der Waals surface area contributed by atoms with Gasteiger partial charge in [0.1, 0.15) is 6.17 Å². The summed E-state index contributed by atoms with van der Waals surface area (Å²) in [5.74, 6) is 0.0342. The Morgan fingerprint density at radius 1 is 1.36 bits per heavy atom.